The van der Waals surface area contributed by atoms with Crippen LogP contribution in [0.15, 0.2) is 24.3 Å². The summed E-state index contributed by atoms with van der Waals surface area (Å²) < 4.78 is 30.3. The lowest BCUT2D eigenvalue weighted by Crippen LogP contribution is -2.41. The molecule has 136 valence electrons. The van der Waals surface area contributed by atoms with Crippen LogP contribution >= 0.6 is 0 Å². The number of benzene rings is 1. The fourth-order valence-electron chi connectivity index (χ4n) is 1.92. The summed E-state index contributed by atoms with van der Waals surface area (Å²) in [6, 6.07) is 6.96. The topological polar surface area (TPSA) is 79.0 Å². The number of carbonyl (C=O) groups excluding carboxylic acids is 1. The molecule has 7 nitrogen and oxygen atoms in total. The zero-order valence-electron chi connectivity index (χ0n) is 14.9. The van der Waals surface area contributed by atoms with Crippen LogP contribution in [-0.4, -0.2) is 69.6 Å². The van der Waals surface area contributed by atoms with Crippen LogP contribution in [-0.2, 0) is 14.8 Å². The van der Waals surface area contributed by atoms with E-state index in [1.54, 1.807) is 24.3 Å². The summed E-state index contributed by atoms with van der Waals surface area (Å²) in [5.74, 6) is 0.337. The Labute approximate surface area is 144 Å². The highest BCUT2D eigenvalue weighted by molar-refractivity contribution is 7.88. The van der Waals surface area contributed by atoms with Gasteiger partial charge in [-0.25, -0.2) is 8.42 Å². The highest BCUT2D eigenvalue weighted by Gasteiger charge is 2.20. The van der Waals surface area contributed by atoms with Crippen LogP contribution in [0.4, 0.5) is 5.69 Å². The van der Waals surface area contributed by atoms with E-state index in [1.165, 1.54) is 4.31 Å². The highest BCUT2D eigenvalue weighted by Crippen LogP contribution is 2.17. The summed E-state index contributed by atoms with van der Waals surface area (Å²) in [5.41, 5.74) is 0.595. The van der Waals surface area contributed by atoms with Crippen molar-refractivity contribution in [2.45, 2.75) is 20.0 Å². The number of anilines is 1. The van der Waals surface area contributed by atoms with Gasteiger partial charge in [-0.2, -0.15) is 4.31 Å². The van der Waals surface area contributed by atoms with Crippen molar-refractivity contribution in [2.24, 2.45) is 0 Å². The Bertz CT molecular complexity index is 627. The minimum atomic E-state index is -3.44. The van der Waals surface area contributed by atoms with Crippen molar-refractivity contribution in [1.29, 1.82) is 0 Å². The monoisotopic (exact) mass is 357 g/mol. The summed E-state index contributed by atoms with van der Waals surface area (Å²) in [5, 5.41) is 2.70. The number of ether oxygens (including phenoxy) is 1. The van der Waals surface area contributed by atoms with Gasteiger partial charge in [0.15, 0.2) is 0 Å². The summed E-state index contributed by atoms with van der Waals surface area (Å²) in [6.07, 6.45) is 1.18. The standard InChI is InChI=1S/C16H27N3O4S/c1-13(2)23-15-8-6-14(7-9-15)17-16(20)12-19(24(5,21)22)11-10-18(3)4/h6-9,13H,10-12H2,1-5H3,(H,17,20). The van der Waals surface area contributed by atoms with Crippen LogP contribution in [0.5, 0.6) is 5.75 Å². The Kier molecular flexibility index (Phi) is 7.65. The number of nitrogens with zero attached hydrogens (tertiary/aromatic N) is 2. The van der Waals surface area contributed by atoms with Crippen LogP contribution in [0.3, 0.4) is 0 Å². The summed E-state index contributed by atoms with van der Waals surface area (Å²) in [7, 11) is 0.255. The number of rotatable bonds is 9. The fourth-order valence-corrected chi connectivity index (χ4v) is 2.69. The molecule has 1 rings (SSSR count). The minimum Gasteiger partial charge on any atom is -0.491 e. The summed E-state index contributed by atoms with van der Waals surface area (Å²) in [6.45, 7) is 4.46. The second-order valence-electron chi connectivity index (χ2n) is 6.14. The summed E-state index contributed by atoms with van der Waals surface area (Å²) in [4.78, 5) is 14.0. The van der Waals surface area contributed by atoms with E-state index >= 15 is 0 Å². The average Bonchev–Trinajstić information content (AvgIpc) is 2.43. The lowest BCUT2D eigenvalue weighted by atomic mass is 10.3. The smallest absolute Gasteiger partial charge is 0.239 e. The first-order valence-electron chi connectivity index (χ1n) is 7.74. The molecule has 0 saturated carbocycles. The van der Waals surface area contributed by atoms with Gasteiger partial charge in [-0.1, -0.05) is 0 Å². The molecule has 0 aliphatic heterocycles. The van der Waals surface area contributed by atoms with E-state index in [2.05, 4.69) is 5.32 Å². The largest absolute Gasteiger partial charge is 0.491 e. The number of sulfonamides is 1. The van der Waals surface area contributed by atoms with Crippen molar-refractivity contribution in [3.05, 3.63) is 24.3 Å². The highest BCUT2D eigenvalue weighted by atomic mass is 32.2. The maximum atomic E-state index is 12.1. The van der Waals surface area contributed by atoms with Gasteiger partial charge in [-0.15, -0.1) is 0 Å². The molecule has 24 heavy (non-hydrogen) atoms. The van der Waals surface area contributed by atoms with E-state index in [0.717, 1.165) is 6.26 Å². The van der Waals surface area contributed by atoms with Gasteiger partial charge >= 0.3 is 0 Å². The van der Waals surface area contributed by atoms with E-state index in [0.29, 0.717) is 18.0 Å². The Hall–Kier alpha value is -1.64. The number of likely N-dealkylation sites (N-methyl/N-ethyl adjacent to an activating group) is 1. The van der Waals surface area contributed by atoms with Gasteiger partial charge < -0.3 is 15.0 Å². The molecule has 0 atom stereocenters. The first kappa shape index (κ1) is 20.4. The van der Waals surface area contributed by atoms with E-state index in [9.17, 15) is 13.2 Å². The number of carbonyl (C=O) groups is 1. The molecule has 1 N–H and O–H groups in total. The van der Waals surface area contributed by atoms with Crippen LogP contribution in [0, 0.1) is 0 Å². The van der Waals surface area contributed by atoms with E-state index in [1.807, 2.05) is 32.8 Å². The van der Waals surface area contributed by atoms with Crippen molar-refractivity contribution in [3.8, 4) is 5.75 Å². The maximum Gasteiger partial charge on any atom is 0.239 e. The van der Waals surface area contributed by atoms with Crippen molar-refractivity contribution in [3.63, 3.8) is 0 Å². The van der Waals surface area contributed by atoms with Gasteiger partial charge in [-0.05, 0) is 52.2 Å². The Morgan fingerprint density at radius 1 is 1.17 bits per heavy atom. The van der Waals surface area contributed by atoms with Crippen molar-refractivity contribution in [2.75, 3.05) is 45.3 Å². The molecule has 0 unspecified atom stereocenters. The molecular formula is C16H27N3O4S. The third-order valence-electron chi connectivity index (χ3n) is 3.10. The van der Waals surface area contributed by atoms with E-state index < -0.39 is 10.0 Å². The molecule has 8 heteroatoms. The lowest BCUT2D eigenvalue weighted by Gasteiger charge is -2.21. The molecule has 0 bridgehead atoms. The van der Waals surface area contributed by atoms with Gasteiger partial charge in [0, 0.05) is 18.8 Å². The fraction of sp³-hybridized carbons (Fsp3) is 0.562. The third kappa shape index (κ3) is 7.76. The third-order valence-corrected chi connectivity index (χ3v) is 4.35. The maximum absolute atomic E-state index is 12.1. The Morgan fingerprint density at radius 2 is 1.75 bits per heavy atom. The Morgan fingerprint density at radius 3 is 2.21 bits per heavy atom. The normalized spacial score (nSPS) is 12.0. The first-order valence-corrected chi connectivity index (χ1v) is 9.59. The lowest BCUT2D eigenvalue weighted by molar-refractivity contribution is -0.116. The quantitative estimate of drug-likeness (QED) is 0.719. The Balaban J connectivity index is 2.65. The van der Waals surface area contributed by atoms with Crippen molar-refractivity contribution >= 4 is 21.6 Å². The molecule has 1 aromatic rings. The average molecular weight is 357 g/mol. The number of hydrogen-bond acceptors (Lipinski definition) is 5. The van der Waals surface area contributed by atoms with Gasteiger partial charge in [0.25, 0.3) is 0 Å². The van der Waals surface area contributed by atoms with E-state index in [-0.39, 0.29) is 25.1 Å². The molecule has 0 aliphatic carbocycles. The molecule has 0 radical (unpaired) electrons. The molecule has 0 heterocycles. The summed E-state index contributed by atoms with van der Waals surface area (Å²) >= 11 is 0. The predicted octanol–water partition coefficient (Wildman–Crippen LogP) is 1.24. The second kappa shape index (κ2) is 9.00. The molecule has 0 spiro atoms. The molecule has 0 fully saturated rings. The first-order chi connectivity index (χ1) is 11.1. The van der Waals surface area contributed by atoms with Crippen LogP contribution in [0.2, 0.25) is 0 Å². The van der Waals surface area contributed by atoms with Crippen LogP contribution in [0.1, 0.15) is 13.8 Å². The number of hydrogen-bond donors (Lipinski definition) is 1. The molecule has 0 aromatic heterocycles. The molecule has 0 aliphatic rings. The predicted molar refractivity (Wildman–Crippen MR) is 95.8 cm³/mol. The molecular weight excluding hydrogens is 330 g/mol. The van der Waals surface area contributed by atoms with Gasteiger partial charge in [0.1, 0.15) is 5.75 Å². The van der Waals surface area contributed by atoms with Crippen molar-refractivity contribution < 1.29 is 17.9 Å². The van der Waals surface area contributed by atoms with Gasteiger partial charge in [0.2, 0.25) is 15.9 Å². The van der Waals surface area contributed by atoms with Gasteiger partial charge in [-0.3, -0.25) is 4.79 Å². The number of amides is 1. The molecule has 1 amide bonds. The van der Waals surface area contributed by atoms with Crippen LogP contribution < -0.4 is 10.1 Å². The minimum absolute atomic E-state index is 0.0745. The molecule has 0 saturated heterocycles. The SMILES string of the molecule is CC(C)Oc1ccc(NC(=O)CN(CCN(C)C)S(C)(=O)=O)cc1. The molecule has 1 aromatic carbocycles. The zero-order chi connectivity index (χ0) is 18.3. The second-order valence-corrected chi connectivity index (χ2v) is 8.12. The van der Waals surface area contributed by atoms with Crippen LogP contribution in [0.25, 0.3) is 0 Å². The number of nitrogens with one attached hydrogen (secondary N) is 1. The van der Waals surface area contributed by atoms with Gasteiger partial charge in [0.05, 0.1) is 18.9 Å². The zero-order valence-corrected chi connectivity index (χ0v) is 15.8. The van der Waals surface area contributed by atoms with Crippen molar-refractivity contribution in [1.82, 2.24) is 9.21 Å². The van der Waals surface area contributed by atoms with E-state index in [4.69, 9.17) is 4.74 Å².